The van der Waals surface area contributed by atoms with Crippen molar-refractivity contribution in [2.24, 2.45) is 5.73 Å². The second-order valence-corrected chi connectivity index (χ2v) is 3.42. The number of nitrogens with two attached hydrogens (primary N) is 1. The van der Waals surface area contributed by atoms with Crippen LogP contribution >= 0.6 is 0 Å². The van der Waals surface area contributed by atoms with E-state index < -0.39 is 0 Å². The van der Waals surface area contributed by atoms with E-state index in [1.54, 1.807) is 6.92 Å². The fraction of sp³-hybridized carbons (Fsp3) is 0.889. The van der Waals surface area contributed by atoms with Crippen LogP contribution in [0.5, 0.6) is 0 Å². The first-order chi connectivity index (χ1) is 10.4. The molecule has 4 nitrogen and oxygen atoms in total. The summed E-state index contributed by atoms with van der Waals surface area (Å²) in [6.07, 6.45) is 2.05. The van der Waals surface area contributed by atoms with Gasteiger partial charge in [-0.1, -0.05) is 62.3 Å². The van der Waals surface area contributed by atoms with E-state index in [9.17, 15) is 9.59 Å². The molecule has 0 aliphatic carbocycles. The van der Waals surface area contributed by atoms with Crippen LogP contribution < -0.4 is 11.1 Å². The predicted octanol–water partition coefficient (Wildman–Crippen LogP) is 4.60. The average molecular weight is 323 g/mol. The van der Waals surface area contributed by atoms with Gasteiger partial charge in [-0.05, 0) is 27.1 Å². The number of carbonyl (C=O) groups is 2. The molecule has 4 heteroatoms. The van der Waals surface area contributed by atoms with Crippen LogP contribution in [0.4, 0.5) is 0 Å². The van der Waals surface area contributed by atoms with Crippen molar-refractivity contribution in [3.63, 3.8) is 0 Å². The molecule has 0 heterocycles. The monoisotopic (exact) mass is 322 g/mol. The molecular weight excluding hydrogens is 276 g/mol. The molecule has 0 rings (SSSR count). The number of hydrogen-bond acceptors (Lipinski definition) is 4. The Morgan fingerprint density at radius 2 is 1.00 bits per heavy atom. The lowest BCUT2D eigenvalue weighted by molar-refractivity contribution is -0.118. The number of Topliss-reactive ketones (excluding diaryl/α,β-unsaturated/α-hetero) is 2. The molecule has 0 unspecified atom stereocenters. The van der Waals surface area contributed by atoms with Gasteiger partial charge in [0.15, 0.2) is 0 Å². The van der Waals surface area contributed by atoms with Gasteiger partial charge in [-0.15, -0.1) is 0 Å². The molecule has 0 aromatic heterocycles. The summed E-state index contributed by atoms with van der Waals surface area (Å²) in [7, 11) is 1.93. The Kier molecular flexibility index (Phi) is 101. The van der Waals surface area contributed by atoms with Gasteiger partial charge in [0, 0.05) is 19.3 Å². The zero-order valence-electron chi connectivity index (χ0n) is 17.4. The molecule has 0 radical (unpaired) electrons. The number of hydrogen-bond donors (Lipinski definition) is 2. The molecule has 0 amide bonds. The summed E-state index contributed by atoms with van der Waals surface area (Å²) in [6, 6.07) is 0. The fourth-order valence-corrected chi connectivity index (χ4v) is 0.250. The first-order valence-electron chi connectivity index (χ1n) is 8.77. The van der Waals surface area contributed by atoms with Crippen molar-refractivity contribution in [3.05, 3.63) is 0 Å². The first-order valence-corrected chi connectivity index (χ1v) is 8.77. The van der Waals surface area contributed by atoms with Crippen LogP contribution in [0.15, 0.2) is 0 Å². The van der Waals surface area contributed by atoms with Gasteiger partial charge in [-0.3, -0.25) is 4.79 Å². The smallest absolute Gasteiger partial charge is 0.132 e. The largest absolute Gasteiger partial charge is 0.331 e. The third kappa shape index (κ3) is 164. The molecule has 0 aromatic rings. The normalized spacial score (nSPS) is 6.73. The zero-order valence-corrected chi connectivity index (χ0v) is 17.4. The van der Waals surface area contributed by atoms with E-state index in [1.807, 2.05) is 62.4 Å². The number of carbonyl (C=O) groups excluding carboxylic acids is 2. The van der Waals surface area contributed by atoms with E-state index in [0.29, 0.717) is 25.0 Å². The Balaban J connectivity index is -0.0000000368. The molecule has 0 saturated heterocycles. The lowest BCUT2D eigenvalue weighted by atomic mass is 10.3. The van der Waals surface area contributed by atoms with Gasteiger partial charge < -0.3 is 15.8 Å². The van der Waals surface area contributed by atoms with Crippen molar-refractivity contribution in [1.29, 1.82) is 0 Å². The molecule has 0 fully saturated rings. The van der Waals surface area contributed by atoms with Crippen molar-refractivity contribution in [1.82, 2.24) is 5.32 Å². The van der Waals surface area contributed by atoms with Crippen LogP contribution in [0.25, 0.3) is 0 Å². The van der Waals surface area contributed by atoms with E-state index in [0.717, 1.165) is 13.1 Å². The van der Waals surface area contributed by atoms with Crippen LogP contribution in [-0.4, -0.2) is 31.7 Å². The molecule has 3 N–H and O–H groups in total. The molecule has 0 aliphatic rings. The van der Waals surface area contributed by atoms with Crippen LogP contribution in [0, 0.1) is 0 Å². The summed E-state index contributed by atoms with van der Waals surface area (Å²) in [4.78, 5) is 20.0. The Labute approximate surface area is 141 Å². The third-order valence-corrected chi connectivity index (χ3v) is 1.64. The van der Waals surface area contributed by atoms with E-state index >= 15 is 0 Å². The van der Waals surface area contributed by atoms with E-state index in [-0.39, 0.29) is 5.78 Å². The summed E-state index contributed by atoms with van der Waals surface area (Å²) >= 11 is 0. The Bertz CT molecular complexity index is 153. The van der Waals surface area contributed by atoms with Gasteiger partial charge in [0.25, 0.3) is 0 Å². The molecular formula is C18H46N2O2. The van der Waals surface area contributed by atoms with Crippen molar-refractivity contribution in [3.8, 4) is 0 Å². The lowest BCUT2D eigenvalue weighted by Gasteiger charge is -1.81. The minimum absolute atomic E-state index is 0.255. The SMILES string of the molecule is CC.CC.CCC(=O)CC.CCC(C)=O.CCN.CCNC. The first kappa shape index (κ1) is 37.5. The van der Waals surface area contributed by atoms with Crippen molar-refractivity contribution < 1.29 is 9.59 Å². The van der Waals surface area contributed by atoms with Crippen LogP contribution in [-0.2, 0) is 9.59 Å². The van der Waals surface area contributed by atoms with Gasteiger partial charge in [0.1, 0.15) is 11.6 Å². The van der Waals surface area contributed by atoms with E-state index in [1.165, 1.54) is 0 Å². The highest BCUT2D eigenvalue weighted by Gasteiger charge is 1.86. The van der Waals surface area contributed by atoms with Gasteiger partial charge in [-0.2, -0.15) is 0 Å². The maximum absolute atomic E-state index is 10.2. The second-order valence-electron chi connectivity index (χ2n) is 3.42. The molecule has 22 heavy (non-hydrogen) atoms. The third-order valence-electron chi connectivity index (χ3n) is 1.64. The fourth-order valence-electron chi connectivity index (χ4n) is 0.250. The number of nitrogens with one attached hydrogen (secondary N) is 1. The summed E-state index contributed by atoms with van der Waals surface area (Å²) in [5, 5.41) is 2.93. The van der Waals surface area contributed by atoms with Crippen molar-refractivity contribution in [2.45, 2.75) is 88.5 Å². The number of rotatable bonds is 4. The van der Waals surface area contributed by atoms with Crippen molar-refractivity contribution >= 4 is 11.6 Å². The summed E-state index contributed by atoms with van der Waals surface area (Å²) in [6.45, 7) is 21.0. The zero-order chi connectivity index (χ0) is 19.4. The van der Waals surface area contributed by atoms with Gasteiger partial charge >= 0.3 is 0 Å². The van der Waals surface area contributed by atoms with E-state index in [4.69, 9.17) is 5.73 Å². The maximum atomic E-state index is 10.2. The molecule has 0 spiro atoms. The highest BCUT2D eigenvalue weighted by atomic mass is 16.1. The van der Waals surface area contributed by atoms with Gasteiger partial charge in [0.05, 0.1) is 0 Å². The lowest BCUT2D eigenvalue weighted by Crippen LogP contribution is -2.01. The molecule has 0 saturated carbocycles. The van der Waals surface area contributed by atoms with Crippen molar-refractivity contribution in [2.75, 3.05) is 20.1 Å². The standard InChI is InChI=1S/C5H10O.C4H8O.C3H9N.C2H7N.2C2H6/c1-3-5(6)4-2;1-3-4(2)5;1-3-4-2;1-2-3;2*1-2/h3-4H2,1-2H3;3H2,1-2H3;4H,3H2,1-2H3;2-3H2,1H3;2*1-2H3. The molecule has 0 aromatic carbocycles. The van der Waals surface area contributed by atoms with Crippen LogP contribution in [0.1, 0.15) is 88.5 Å². The van der Waals surface area contributed by atoms with Gasteiger partial charge in [-0.25, -0.2) is 0 Å². The Hall–Kier alpha value is -0.740. The molecule has 0 atom stereocenters. The molecule has 0 bridgehead atoms. The second kappa shape index (κ2) is 59.3. The van der Waals surface area contributed by atoms with Gasteiger partial charge in [0.2, 0.25) is 0 Å². The predicted molar refractivity (Wildman–Crippen MR) is 104 cm³/mol. The van der Waals surface area contributed by atoms with E-state index in [2.05, 4.69) is 12.2 Å². The summed E-state index contributed by atoms with van der Waals surface area (Å²) < 4.78 is 0. The highest BCUT2D eigenvalue weighted by molar-refractivity contribution is 5.77. The average Bonchev–Trinajstić information content (AvgIpc) is 2.59. The Morgan fingerprint density at radius 1 is 0.818 bits per heavy atom. The maximum Gasteiger partial charge on any atom is 0.132 e. The quantitative estimate of drug-likeness (QED) is 0.793. The summed E-state index contributed by atoms with van der Waals surface area (Å²) in [5.41, 5.74) is 4.85. The highest BCUT2D eigenvalue weighted by Crippen LogP contribution is 1.83. The van der Waals surface area contributed by atoms with Crippen LogP contribution in [0.3, 0.4) is 0 Å². The minimum atomic E-state index is 0.255. The molecule has 140 valence electrons. The minimum Gasteiger partial charge on any atom is -0.331 e. The topological polar surface area (TPSA) is 72.2 Å². The number of ketones is 2. The van der Waals surface area contributed by atoms with Crippen LogP contribution in [0.2, 0.25) is 0 Å². The molecule has 0 aliphatic heterocycles. The summed E-state index contributed by atoms with van der Waals surface area (Å²) in [5.74, 6) is 0.597. The Morgan fingerprint density at radius 3 is 1.00 bits per heavy atom.